The molecule has 0 aliphatic carbocycles. The van der Waals surface area contributed by atoms with Crippen LogP contribution in [0.2, 0.25) is 0 Å². The number of nitrogens with one attached hydrogen (secondary N) is 1. The Morgan fingerprint density at radius 2 is 1.54 bits per heavy atom. The predicted molar refractivity (Wildman–Crippen MR) is 106 cm³/mol. The highest BCUT2D eigenvalue weighted by Gasteiger charge is 2.21. The van der Waals surface area contributed by atoms with Crippen LogP contribution >= 0.6 is 0 Å². The third-order valence-corrected chi connectivity index (χ3v) is 5.99. The maximum atomic E-state index is 12.9. The standard InChI is InChI=1S/C21H19FN2O3S/c1-24(15-16-5-3-2-4-6-16)28(26,27)20-13-11-19(12-14-20)23-21(25)17-7-9-18(22)10-8-17/h2-14H,15H2,1H3,(H,23,25). The van der Waals surface area contributed by atoms with Crippen LogP contribution < -0.4 is 5.32 Å². The van der Waals surface area contributed by atoms with E-state index in [1.165, 1.54) is 59.9 Å². The molecule has 28 heavy (non-hydrogen) atoms. The second-order valence-electron chi connectivity index (χ2n) is 6.23. The molecule has 0 radical (unpaired) electrons. The van der Waals surface area contributed by atoms with Gasteiger partial charge in [0.1, 0.15) is 5.82 Å². The molecule has 0 unspecified atom stereocenters. The lowest BCUT2D eigenvalue weighted by Crippen LogP contribution is -2.26. The van der Waals surface area contributed by atoms with Gasteiger partial charge in [-0.05, 0) is 54.1 Å². The minimum absolute atomic E-state index is 0.130. The van der Waals surface area contributed by atoms with Crippen molar-refractivity contribution in [2.75, 3.05) is 12.4 Å². The van der Waals surface area contributed by atoms with Crippen LogP contribution in [-0.4, -0.2) is 25.7 Å². The fourth-order valence-electron chi connectivity index (χ4n) is 2.62. The summed E-state index contributed by atoms with van der Waals surface area (Å²) in [6.45, 7) is 0.256. The monoisotopic (exact) mass is 398 g/mol. The van der Waals surface area contributed by atoms with Crippen molar-refractivity contribution in [1.82, 2.24) is 4.31 Å². The van der Waals surface area contributed by atoms with E-state index in [1.807, 2.05) is 30.3 Å². The molecule has 3 aromatic carbocycles. The van der Waals surface area contributed by atoms with E-state index in [0.29, 0.717) is 11.3 Å². The smallest absolute Gasteiger partial charge is 0.255 e. The van der Waals surface area contributed by atoms with Gasteiger partial charge in [0.15, 0.2) is 0 Å². The van der Waals surface area contributed by atoms with Crippen LogP contribution in [0.3, 0.4) is 0 Å². The molecule has 0 fully saturated rings. The lowest BCUT2D eigenvalue weighted by Gasteiger charge is -2.17. The van der Waals surface area contributed by atoms with Crippen LogP contribution in [0.25, 0.3) is 0 Å². The minimum atomic E-state index is -3.66. The number of nitrogens with zero attached hydrogens (tertiary/aromatic N) is 1. The highest BCUT2D eigenvalue weighted by molar-refractivity contribution is 7.89. The molecule has 1 amide bonds. The van der Waals surface area contributed by atoms with Gasteiger partial charge in [-0.15, -0.1) is 0 Å². The quantitative estimate of drug-likeness (QED) is 0.685. The average molecular weight is 398 g/mol. The van der Waals surface area contributed by atoms with Gasteiger partial charge >= 0.3 is 0 Å². The van der Waals surface area contributed by atoms with Crippen molar-refractivity contribution in [1.29, 1.82) is 0 Å². The van der Waals surface area contributed by atoms with E-state index in [-0.39, 0.29) is 11.4 Å². The normalized spacial score (nSPS) is 11.4. The first kappa shape index (κ1) is 19.7. The van der Waals surface area contributed by atoms with Gasteiger partial charge < -0.3 is 5.32 Å². The predicted octanol–water partition coefficient (Wildman–Crippen LogP) is 3.90. The lowest BCUT2D eigenvalue weighted by atomic mass is 10.2. The van der Waals surface area contributed by atoms with E-state index in [2.05, 4.69) is 5.32 Å². The van der Waals surface area contributed by atoms with E-state index in [0.717, 1.165) is 5.56 Å². The number of carbonyl (C=O) groups is 1. The van der Waals surface area contributed by atoms with Crippen LogP contribution in [-0.2, 0) is 16.6 Å². The number of halogens is 1. The molecule has 3 rings (SSSR count). The first-order valence-corrected chi connectivity index (χ1v) is 9.97. The molecule has 0 bridgehead atoms. The van der Waals surface area contributed by atoms with E-state index >= 15 is 0 Å². The van der Waals surface area contributed by atoms with E-state index < -0.39 is 21.7 Å². The molecule has 1 N–H and O–H groups in total. The van der Waals surface area contributed by atoms with Crippen molar-refractivity contribution >= 4 is 21.6 Å². The van der Waals surface area contributed by atoms with Crippen molar-refractivity contribution in [3.05, 3.63) is 95.8 Å². The summed E-state index contributed by atoms with van der Waals surface area (Å²) in [4.78, 5) is 12.3. The lowest BCUT2D eigenvalue weighted by molar-refractivity contribution is 0.102. The molecule has 0 heterocycles. The summed E-state index contributed by atoms with van der Waals surface area (Å²) < 4.78 is 39.7. The van der Waals surface area contributed by atoms with Crippen LogP contribution in [0.1, 0.15) is 15.9 Å². The number of anilines is 1. The molecular weight excluding hydrogens is 379 g/mol. The zero-order valence-electron chi connectivity index (χ0n) is 15.2. The van der Waals surface area contributed by atoms with Crippen LogP contribution in [0.15, 0.2) is 83.8 Å². The molecule has 0 saturated heterocycles. The fourth-order valence-corrected chi connectivity index (χ4v) is 3.78. The molecule has 0 spiro atoms. The number of hydrogen-bond acceptors (Lipinski definition) is 3. The first-order valence-electron chi connectivity index (χ1n) is 8.53. The number of amides is 1. The molecular formula is C21H19FN2O3S. The van der Waals surface area contributed by atoms with Crippen LogP contribution in [0.4, 0.5) is 10.1 Å². The summed E-state index contributed by atoms with van der Waals surface area (Å²) in [6, 6.07) is 20.4. The zero-order chi connectivity index (χ0) is 20.1. The Bertz CT molecular complexity index is 1050. The van der Waals surface area contributed by atoms with Gasteiger partial charge in [-0.1, -0.05) is 30.3 Å². The van der Waals surface area contributed by atoms with E-state index in [9.17, 15) is 17.6 Å². The van der Waals surface area contributed by atoms with Gasteiger partial charge in [-0.25, -0.2) is 12.8 Å². The largest absolute Gasteiger partial charge is 0.322 e. The van der Waals surface area contributed by atoms with Crippen LogP contribution in [0.5, 0.6) is 0 Å². The molecule has 0 atom stereocenters. The summed E-state index contributed by atoms with van der Waals surface area (Å²) in [6.07, 6.45) is 0. The molecule has 0 saturated carbocycles. The Balaban J connectivity index is 1.70. The van der Waals surface area contributed by atoms with Crippen molar-refractivity contribution in [2.24, 2.45) is 0 Å². The second kappa shape index (κ2) is 8.33. The van der Waals surface area contributed by atoms with Crippen molar-refractivity contribution in [3.8, 4) is 0 Å². The number of hydrogen-bond donors (Lipinski definition) is 1. The molecule has 0 aromatic heterocycles. The Hall–Kier alpha value is -3.03. The number of benzene rings is 3. The molecule has 0 aliphatic rings. The van der Waals surface area contributed by atoms with E-state index in [4.69, 9.17) is 0 Å². The number of rotatable bonds is 6. The Morgan fingerprint density at radius 1 is 0.929 bits per heavy atom. The third kappa shape index (κ3) is 4.62. The van der Waals surface area contributed by atoms with Gasteiger partial charge in [0.05, 0.1) is 4.90 Å². The van der Waals surface area contributed by atoms with Gasteiger partial charge in [0.2, 0.25) is 10.0 Å². The van der Waals surface area contributed by atoms with Crippen LogP contribution in [0, 0.1) is 5.82 Å². The fraction of sp³-hybridized carbons (Fsp3) is 0.0952. The summed E-state index contributed by atoms with van der Waals surface area (Å²) in [5.41, 5.74) is 1.64. The van der Waals surface area contributed by atoms with Gasteiger partial charge in [-0.2, -0.15) is 4.31 Å². The molecule has 3 aromatic rings. The summed E-state index contributed by atoms with van der Waals surface area (Å²) in [7, 11) is -2.14. The molecule has 7 heteroatoms. The Morgan fingerprint density at radius 3 is 2.14 bits per heavy atom. The number of sulfonamides is 1. The van der Waals surface area contributed by atoms with Crippen molar-refractivity contribution in [3.63, 3.8) is 0 Å². The topological polar surface area (TPSA) is 66.5 Å². The Labute approximate surface area is 163 Å². The number of carbonyl (C=O) groups excluding carboxylic acids is 1. The third-order valence-electron chi connectivity index (χ3n) is 4.17. The SMILES string of the molecule is CN(Cc1ccccc1)S(=O)(=O)c1ccc(NC(=O)c2ccc(F)cc2)cc1. The Kier molecular flexibility index (Phi) is 5.87. The van der Waals surface area contributed by atoms with Gasteiger partial charge in [0, 0.05) is 24.8 Å². The summed E-state index contributed by atoms with van der Waals surface area (Å²) in [5, 5.41) is 2.66. The van der Waals surface area contributed by atoms with Gasteiger partial charge in [-0.3, -0.25) is 4.79 Å². The molecule has 144 valence electrons. The minimum Gasteiger partial charge on any atom is -0.322 e. The van der Waals surface area contributed by atoms with Gasteiger partial charge in [0.25, 0.3) is 5.91 Å². The first-order chi connectivity index (χ1) is 13.4. The maximum absolute atomic E-state index is 12.9. The average Bonchev–Trinajstić information content (AvgIpc) is 2.69. The van der Waals surface area contributed by atoms with Crippen molar-refractivity contribution in [2.45, 2.75) is 11.4 Å². The summed E-state index contributed by atoms with van der Waals surface area (Å²) in [5.74, 6) is -0.831. The zero-order valence-corrected chi connectivity index (χ0v) is 16.0. The summed E-state index contributed by atoms with van der Waals surface area (Å²) >= 11 is 0. The van der Waals surface area contributed by atoms with E-state index in [1.54, 1.807) is 0 Å². The maximum Gasteiger partial charge on any atom is 0.255 e. The van der Waals surface area contributed by atoms with Crippen molar-refractivity contribution < 1.29 is 17.6 Å². The second-order valence-corrected chi connectivity index (χ2v) is 8.28. The molecule has 5 nitrogen and oxygen atoms in total. The highest BCUT2D eigenvalue weighted by atomic mass is 32.2. The molecule has 0 aliphatic heterocycles. The highest BCUT2D eigenvalue weighted by Crippen LogP contribution is 2.19.